The minimum absolute atomic E-state index is 0.00128. The smallest absolute Gasteiger partial charge is 0.387 e. The molecule has 1 unspecified atom stereocenters. The molecule has 2 aromatic carbocycles. The average Bonchev–Trinajstić information content (AvgIpc) is 3.21. The molecule has 30 heavy (non-hydrogen) atoms. The number of para-hydroxylation sites is 3. The number of fused-ring (bicyclic) bond motifs is 1. The third-order valence-corrected chi connectivity index (χ3v) is 4.65. The van der Waals surface area contributed by atoms with Crippen LogP contribution < -0.4 is 14.2 Å². The lowest BCUT2D eigenvalue weighted by Crippen LogP contribution is -2.40. The van der Waals surface area contributed by atoms with Gasteiger partial charge in [-0.05, 0) is 30.8 Å². The maximum Gasteiger partial charge on any atom is 0.387 e. The van der Waals surface area contributed by atoms with Crippen LogP contribution in [0.4, 0.5) is 8.78 Å². The van der Waals surface area contributed by atoms with E-state index in [4.69, 9.17) is 14.0 Å². The fourth-order valence-electron chi connectivity index (χ4n) is 3.22. The van der Waals surface area contributed by atoms with Crippen LogP contribution in [0.1, 0.15) is 12.8 Å². The van der Waals surface area contributed by atoms with Gasteiger partial charge in [-0.1, -0.05) is 36.3 Å². The first-order valence-corrected chi connectivity index (χ1v) is 9.60. The highest BCUT2D eigenvalue weighted by Gasteiger charge is 2.24. The minimum atomic E-state index is -2.93. The number of likely N-dealkylation sites (N-methyl/N-ethyl adjacent to an activating group) is 1. The van der Waals surface area contributed by atoms with Gasteiger partial charge in [0.05, 0.1) is 12.1 Å². The Hall–Kier alpha value is -3.20. The summed E-state index contributed by atoms with van der Waals surface area (Å²) in [6.07, 6.45) is -0.137. The van der Waals surface area contributed by atoms with Gasteiger partial charge >= 0.3 is 6.61 Å². The molecule has 0 N–H and O–H groups in total. The topological polar surface area (TPSA) is 69.9 Å². The standard InChI is InChI=1S/C21H21F2N3O4/c1-2-26(11-14-13-27-17-9-5-6-10-18(17)28-14)12-19-24-20(25-30-19)15-7-3-4-8-16(15)29-21(22)23/h3-10,14,21H,2,11-13H2,1H3. The fourth-order valence-corrected chi connectivity index (χ4v) is 3.22. The Morgan fingerprint density at radius 3 is 2.70 bits per heavy atom. The van der Waals surface area contributed by atoms with Crippen LogP contribution in [0.25, 0.3) is 11.4 Å². The molecule has 2 heterocycles. The maximum atomic E-state index is 12.6. The van der Waals surface area contributed by atoms with Crippen molar-refractivity contribution in [1.29, 1.82) is 0 Å². The first kappa shape index (κ1) is 20.1. The third kappa shape index (κ3) is 4.68. The Morgan fingerprint density at radius 1 is 1.13 bits per heavy atom. The molecule has 1 aliphatic heterocycles. The Kier molecular flexibility index (Phi) is 6.08. The summed E-state index contributed by atoms with van der Waals surface area (Å²) in [4.78, 5) is 6.43. The second-order valence-corrected chi connectivity index (χ2v) is 6.71. The number of alkyl halides is 2. The van der Waals surface area contributed by atoms with Gasteiger partial charge in [0.2, 0.25) is 11.7 Å². The molecule has 4 rings (SSSR count). The van der Waals surface area contributed by atoms with Gasteiger partial charge in [-0.3, -0.25) is 4.90 Å². The van der Waals surface area contributed by atoms with E-state index in [1.165, 1.54) is 6.07 Å². The molecule has 0 saturated carbocycles. The lowest BCUT2D eigenvalue weighted by Gasteiger charge is -2.30. The van der Waals surface area contributed by atoms with Gasteiger partial charge in [0, 0.05) is 6.54 Å². The van der Waals surface area contributed by atoms with Crippen LogP contribution in [0.15, 0.2) is 53.1 Å². The van der Waals surface area contributed by atoms with Crippen molar-refractivity contribution in [2.24, 2.45) is 0 Å². The molecule has 1 aliphatic rings. The van der Waals surface area contributed by atoms with E-state index in [1.54, 1.807) is 18.2 Å². The summed E-state index contributed by atoms with van der Waals surface area (Å²) in [5.74, 6) is 2.03. The minimum Gasteiger partial charge on any atom is -0.486 e. The number of hydrogen-bond donors (Lipinski definition) is 0. The normalized spacial score (nSPS) is 15.6. The summed E-state index contributed by atoms with van der Waals surface area (Å²) in [5.41, 5.74) is 0.344. The van der Waals surface area contributed by atoms with Crippen LogP contribution in [0, 0.1) is 0 Å². The molecule has 0 saturated heterocycles. The third-order valence-electron chi connectivity index (χ3n) is 4.65. The van der Waals surface area contributed by atoms with Crippen LogP contribution in [0.5, 0.6) is 17.2 Å². The van der Waals surface area contributed by atoms with Crippen LogP contribution in [-0.2, 0) is 6.54 Å². The molecule has 3 aromatic rings. The molecule has 0 amide bonds. The van der Waals surface area contributed by atoms with E-state index in [0.717, 1.165) is 18.0 Å². The van der Waals surface area contributed by atoms with Crippen molar-refractivity contribution in [2.75, 3.05) is 19.7 Å². The summed E-state index contributed by atoms with van der Waals surface area (Å²) in [7, 11) is 0. The first-order valence-electron chi connectivity index (χ1n) is 9.60. The van der Waals surface area contributed by atoms with Gasteiger partial charge in [-0.25, -0.2) is 0 Å². The predicted molar refractivity (Wildman–Crippen MR) is 104 cm³/mol. The maximum absolute atomic E-state index is 12.6. The van der Waals surface area contributed by atoms with Crippen molar-refractivity contribution in [2.45, 2.75) is 26.2 Å². The highest BCUT2D eigenvalue weighted by Crippen LogP contribution is 2.31. The van der Waals surface area contributed by atoms with Gasteiger partial charge in [-0.15, -0.1) is 0 Å². The van der Waals surface area contributed by atoms with Gasteiger partial charge in [0.15, 0.2) is 11.5 Å². The Balaban J connectivity index is 1.42. The molecule has 0 bridgehead atoms. The summed E-state index contributed by atoms with van der Waals surface area (Å²) >= 11 is 0. The van der Waals surface area contributed by atoms with Crippen molar-refractivity contribution in [3.05, 3.63) is 54.4 Å². The van der Waals surface area contributed by atoms with E-state index in [9.17, 15) is 8.78 Å². The fraction of sp³-hybridized carbons (Fsp3) is 0.333. The van der Waals surface area contributed by atoms with Crippen molar-refractivity contribution in [3.8, 4) is 28.6 Å². The first-order chi connectivity index (χ1) is 14.6. The van der Waals surface area contributed by atoms with Gasteiger partial charge in [-0.2, -0.15) is 13.8 Å². The summed E-state index contributed by atoms with van der Waals surface area (Å²) < 4.78 is 46.9. The molecule has 9 heteroatoms. The SMILES string of the molecule is CCN(Cc1nc(-c2ccccc2OC(F)F)no1)CC1COc2ccccc2O1. The second-order valence-electron chi connectivity index (χ2n) is 6.71. The lowest BCUT2D eigenvalue weighted by molar-refractivity contribution is -0.0494. The number of nitrogens with zero attached hydrogens (tertiary/aromatic N) is 3. The van der Waals surface area contributed by atoms with Crippen LogP contribution in [0.3, 0.4) is 0 Å². The quantitative estimate of drug-likeness (QED) is 0.549. The van der Waals surface area contributed by atoms with E-state index in [2.05, 4.69) is 19.8 Å². The molecule has 1 aromatic heterocycles. The molecule has 158 valence electrons. The lowest BCUT2D eigenvalue weighted by atomic mass is 10.2. The number of hydrogen-bond acceptors (Lipinski definition) is 7. The molecular weight excluding hydrogens is 396 g/mol. The zero-order chi connectivity index (χ0) is 20.9. The van der Waals surface area contributed by atoms with E-state index >= 15 is 0 Å². The van der Waals surface area contributed by atoms with E-state index in [0.29, 0.717) is 31.2 Å². The molecule has 0 spiro atoms. The zero-order valence-electron chi connectivity index (χ0n) is 16.3. The monoisotopic (exact) mass is 417 g/mol. The Labute approximate surface area is 172 Å². The van der Waals surface area contributed by atoms with E-state index < -0.39 is 6.61 Å². The van der Waals surface area contributed by atoms with Crippen molar-refractivity contribution in [1.82, 2.24) is 15.0 Å². The van der Waals surface area contributed by atoms with Gasteiger partial charge in [0.1, 0.15) is 18.5 Å². The van der Waals surface area contributed by atoms with Crippen LogP contribution in [0.2, 0.25) is 0 Å². The Bertz CT molecular complexity index is 982. The van der Waals surface area contributed by atoms with E-state index in [-0.39, 0.29) is 17.7 Å². The molecular formula is C21H21F2N3O4. The number of aromatic nitrogens is 2. The molecule has 7 nitrogen and oxygen atoms in total. The van der Waals surface area contributed by atoms with Gasteiger partial charge in [0.25, 0.3) is 0 Å². The zero-order valence-corrected chi connectivity index (χ0v) is 16.3. The highest BCUT2D eigenvalue weighted by molar-refractivity contribution is 5.63. The van der Waals surface area contributed by atoms with Crippen molar-refractivity contribution >= 4 is 0 Å². The van der Waals surface area contributed by atoms with Crippen molar-refractivity contribution < 1.29 is 27.5 Å². The Morgan fingerprint density at radius 2 is 1.90 bits per heavy atom. The highest BCUT2D eigenvalue weighted by atomic mass is 19.3. The second kappa shape index (κ2) is 9.08. The molecule has 0 radical (unpaired) electrons. The number of ether oxygens (including phenoxy) is 3. The van der Waals surface area contributed by atoms with Crippen molar-refractivity contribution in [3.63, 3.8) is 0 Å². The predicted octanol–water partition coefficient (Wildman–Crippen LogP) is 4.00. The molecule has 1 atom stereocenters. The number of benzene rings is 2. The number of rotatable bonds is 8. The molecule has 0 fully saturated rings. The average molecular weight is 417 g/mol. The van der Waals surface area contributed by atoms with Gasteiger partial charge < -0.3 is 18.7 Å². The molecule has 0 aliphatic carbocycles. The summed E-state index contributed by atoms with van der Waals surface area (Å²) in [6, 6.07) is 13.9. The largest absolute Gasteiger partial charge is 0.486 e. The summed E-state index contributed by atoms with van der Waals surface area (Å²) in [6.45, 7) is 1.25. The number of halogens is 2. The summed E-state index contributed by atoms with van der Waals surface area (Å²) in [5, 5.41) is 3.92. The van der Waals surface area contributed by atoms with E-state index in [1.807, 2.05) is 31.2 Å². The van der Waals surface area contributed by atoms with Crippen LogP contribution in [-0.4, -0.2) is 47.5 Å². The van der Waals surface area contributed by atoms with Crippen LogP contribution >= 0.6 is 0 Å².